The minimum Gasteiger partial charge on any atom is -0.356 e. The number of halogens is 1. The van der Waals surface area contributed by atoms with Crippen molar-refractivity contribution in [1.82, 2.24) is 25.6 Å². The third-order valence-electron chi connectivity index (χ3n) is 5.70. The lowest BCUT2D eigenvalue weighted by molar-refractivity contribution is 0.179. The molecule has 0 saturated carbocycles. The summed E-state index contributed by atoms with van der Waals surface area (Å²) in [5.41, 5.74) is 4.36. The lowest BCUT2D eigenvalue weighted by atomic mass is 9.74. The van der Waals surface area contributed by atoms with Gasteiger partial charge in [-0.25, -0.2) is 14.4 Å². The molecule has 4 heterocycles. The smallest absolute Gasteiger partial charge is 0.181 e. The molecule has 0 amide bonds. The van der Waals surface area contributed by atoms with Crippen molar-refractivity contribution < 1.29 is 4.39 Å². The Balaban J connectivity index is 1.68. The molecule has 1 saturated heterocycles. The standard InChI is InChI=1S/C21H28FN7/c1-14(2)11-21(12-25-23)8-4-10-29(13-21)17-7-6-16(22)19(26-17)18-15-5-3-9-24-20(15)28-27-18/h3,5-7,9,14,25H,4,8,10-13,23H2,1-2H3,(H,24,27,28). The molecule has 4 rings (SSSR count). The molecular formula is C21H28FN7. The summed E-state index contributed by atoms with van der Waals surface area (Å²) in [5, 5.41) is 7.84. The lowest BCUT2D eigenvalue weighted by Crippen LogP contribution is -2.50. The van der Waals surface area contributed by atoms with E-state index in [1.165, 1.54) is 6.07 Å². The van der Waals surface area contributed by atoms with E-state index in [1.54, 1.807) is 12.3 Å². The molecule has 1 fully saturated rings. The van der Waals surface area contributed by atoms with Crippen molar-refractivity contribution >= 4 is 16.9 Å². The molecule has 0 aromatic carbocycles. The number of pyridine rings is 2. The van der Waals surface area contributed by atoms with Crippen LogP contribution in [0.2, 0.25) is 0 Å². The van der Waals surface area contributed by atoms with Crippen molar-refractivity contribution in [3.8, 4) is 11.4 Å². The number of nitrogens with one attached hydrogen (secondary N) is 2. The summed E-state index contributed by atoms with van der Waals surface area (Å²) in [7, 11) is 0. The van der Waals surface area contributed by atoms with Crippen LogP contribution in [0.5, 0.6) is 0 Å². The highest BCUT2D eigenvalue weighted by Crippen LogP contribution is 2.38. The van der Waals surface area contributed by atoms with Gasteiger partial charge < -0.3 is 4.90 Å². The second-order valence-electron chi connectivity index (χ2n) is 8.48. The van der Waals surface area contributed by atoms with Gasteiger partial charge in [-0.3, -0.25) is 16.4 Å². The summed E-state index contributed by atoms with van der Waals surface area (Å²) >= 11 is 0. The maximum atomic E-state index is 14.7. The van der Waals surface area contributed by atoms with Crippen LogP contribution in [0.3, 0.4) is 0 Å². The van der Waals surface area contributed by atoms with E-state index >= 15 is 0 Å². The molecule has 1 unspecified atom stereocenters. The van der Waals surface area contributed by atoms with E-state index < -0.39 is 0 Å². The molecule has 1 aliphatic rings. The SMILES string of the molecule is CC(C)CC1(CNN)CCCN(c2ccc(F)c(-c3[nH]nc4ncccc34)n2)C1. The molecule has 4 N–H and O–H groups in total. The first kappa shape index (κ1) is 19.7. The fourth-order valence-corrected chi connectivity index (χ4v) is 4.68. The first-order valence-corrected chi connectivity index (χ1v) is 10.2. The Morgan fingerprint density at radius 1 is 1.34 bits per heavy atom. The van der Waals surface area contributed by atoms with E-state index in [0.717, 1.165) is 50.1 Å². The summed E-state index contributed by atoms with van der Waals surface area (Å²) in [5.74, 6) is 6.69. The zero-order valence-corrected chi connectivity index (χ0v) is 17.0. The third-order valence-corrected chi connectivity index (χ3v) is 5.70. The van der Waals surface area contributed by atoms with Crippen LogP contribution in [0.4, 0.5) is 10.2 Å². The van der Waals surface area contributed by atoms with Gasteiger partial charge >= 0.3 is 0 Å². The van der Waals surface area contributed by atoms with E-state index in [9.17, 15) is 4.39 Å². The van der Waals surface area contributed by atoms with Crippen molar-refractivity contribution in [3.63, 3.8) is 0 Å². The Morgan fingerprint density at radius 2 is 2.21 bits per heavy atom. The van der Waals surface area contributed by atoms with Crippen LogP contribution in [-0.2, 0) is 0 Å². The summed E-state index contributed by atoms with van der Waals surface area (Å²) in [6, 6.07) is 6.93. The summed E-state index contributed by atoms with van der Waals surface area (Å²) < 4.78 is 14.7. The Morgan fingerprint density at radius 3 is 3.00 bits per heavy atom. The molecule has 1 aliphatic heterocycles. The zero-order chi connectivity index (χ0) is 20.4. The van der Waals surface area contributed by atoms with Crippen LogP contribution in [0.1, 0.15) is 33.1 Å². The average molecular weight is 398 g/mol. The fourth-order valence-electron chi connectivity index (χ4n) is 4.68. The maximum absolute atomic E-state index is 14.7. The second kappa shape index (κ2) is 8.04. The van der Waals surface area contributed by atoms with E-state index in [-0.39, 0.29) is 16.9 Å². The highest BCUT2D eigenvalue weighted by molar-refractivity contribution is 5.89. The fraction of sp³-hybridized carbons (Fsp3) is 0.476. The highest BCUT2D eigenvalue weighted by Gasteiger charge is 2.36. The number of hydrazine groups is 1. The van der Waals surface area contributed by atoms with Crippen molar-refractivity contribution in [2.75, 3.05) is 24.5 Å². The maximum Gasteiger partial charge on any atom is 0.181 e. The Hall–Kier alpha value is -2.58. The van der Waals surface area contributed by atoms with Crippen molar-refractivity contribution in [2.45, 2.75) is 33.1 Å². The Bertz CT molecular complexity index is 982. The minimum absolute atomic E-state index is 0.0853. The van der Waals surface area contributed by atoms with Crippen LogP contribution >= 0.6 is 0 Å². The van der Waals surface area contributed by atoms with Crippen molar-refractivity contribution in [3.05, 3.63) is 36.3 Å². The van der Waals surface area contributed by atoms with E-state index in [2.05, 4.69) is 39.4 Å². The molecule has 0 spiro atoms. The van der Waals surface area contributed by atoms with Gasteiger partial charge in [-0.15, -0.1) is 0 Å². The van der Waals surface area contributed by atoms with Crippen LogP contribution in [0.25, 0.3) is 22.4 Å². The number of nitrogens with zero attached hydrogens (tertiary/aromatic N) is 4. The molecule has 0 radical (unpaired) electrons. The molecular weight excluding hydrogens is 369 g/mol. The second-order valence-corrected chi connectivity index (χ2v) is 8.48. The lowest BCUT2D eigenvalue weighted by Gasteiger charge is -2.44. The number of hydrogen-bond donors (Lipinski definition) is 3. The number of aromatic amines is 1. The number of aromatic nitrogens is 4. The number of H-pyrrole nitrogens is 1. The van der Waals surface area contributed by atoms with Gasteiger partial charge in [0.05, 0.1) is 5.69 Å². The highest BCUT2D eigenvalue weighted by atomic mass is 19.1. The molecule has 3 aromatic rings. The predicted molar refractivity (Wildman–Crippen MR) is 113 cm³/mol. The molecule has 1 atom stereocenters. The quantitative estimate of drug-likeness (QED) is 0.436. The zero-order valence-electron chi connectivity index (χ0n) is 17.0. The van der Waals surface area contributed by atoms with Gasteiger partial charge in [0.1, 0.15) is 11.5 Å². The Labute approximate surface area is 169 Å². The van der Waals surface area contributed by atoms with Crippen molar-refractivity contribution in [2.24, 2.45) is 17.2 Å². The van der Waals surface area contributed by atoms with Crippen molar-refractivity contribution in [1.29, 1.82) is 0 Å². The van der Waals surface area contributed by atoms with Gasteiger partial charge in [0, 0.05) is 36.6 Å². The van der Waals surface area contributed by atoms with Gasteiger partial charge in [0.25, 0.3) is 0 Å². The van der Waals surface area contributed by atoms with Crippen LogP contribution in [0, 0.1) is 17.2 Å². The summed E-state index contributed by atoms with van der Waals surface area (Å²) in [6.45, 7) is 6.98. The van der Waals surface area contributed by atoms with Gasteiger partial charge in [-0.05, 0) is 49.4 Å². The van der Waals surface area contributed by atoms with E-state index in [1.807, 2.05) is 12.1 Å². The first-order valence-electron chi connectivity index (χ1n) is 10.2. The normalized spacial score (nSPS) is 20.0. The molecule has 154 valence electrons. The summed E-state index contributed by atoms with van der Waals surface area (Å²) in [4.78, 5) is 11.2. The summed E-state index contributed by atoms with van der Waals surface area (Å²) in [6.07, 6.45) is 4.93. The molecule has 0 bridgehead atoms. The van der Waals surface area contributed by atoms with Crippen LogP contribution < -0.4 is 16.2 Å². The van der Waals surface area contributed by atoms with Gasteiger partial charge in [-0.1, -0.05) is 13.8 Å². The van der Waals surface area contributed by atoms with Crippen LogP contribution in [0.15, 0.2) is 30.5 Å². The molecule has 3 aromatic heterocycles. The molecule has 0 aliphatic carbocycles. The largest absolute Gasteiger partial charge is 0.356 e. The third kappa shape index (κ3) is 3.95. The number of piperidine rings is 1. The van der Waals surface area contributed by atoms with Crippen LogP contribution in [-0.4, -0.2) is 39.8 Å². The number of hydrogen-bond acceptors (Lipinski definition) is 6. The van der Waals surface area contributed by atoms with Gasteiger partial charge in [0.15, 0.2) is 11.5 Å². The van der Waals surface area contributed by atoms with Gasteiger partial charge in [0.2, 0.25) is 0 Å². The number of nitrogens with two attached hydrogens (primary N) is 1. The molecule has 29 heavy (non-hydrogen) atoms. The monoisotopic (exact) mass is 397 g/mol. The average Bonchev–Trinajstić information content (AvgIpc) is 3.12. The predicted octanol–water partition coefficient (Wildman–Crippen LogP) is 3.26. The number of fused-ring (bicyclic) bond motifs is 1. The number of rotatable bonds is 6. The minimum atomic E-state index is -0.378. The topological polar surface area (TPSA) is 95.8 Å². The first-order chi connectivity index (χ1) is 14.0. The van der Waals surface area contributed by atoms with E-state index in [0.29, 0.717) is 17.3 Å². The number of anilines is 1. The Kier molecular flexibility index (Phi) is 5.47. The van der Waals surface area contributed by atoms with E-state index in [4.69, 9.17) is 10.8 Å². The van der Waals surface area contributed by atoms with Gasteiger partial charge in [-0.2, -0.15) is 5.10 Å². The molecule has 8 heteroatoms. The molecule has 7 nitrogen and oxygen atoms in total.